The fourth-order valence-corrected chi connectivity index (χ4v) is 3.11. The summed E-state index contributed by atoms with van der Waals surface area (Å²) in [6, 6.07) is 3.66. The molecule has 1 aromatic heterocycles. The molecule has 1 aliphatic carbocycles. The van der Waals surface area contributed by atoms with E-state index >= 15 is 0 Å². The fourth-order valence-electron chi connectivity index (χ4n) is 2.71. The maximum Gasteiger partial charge on any atom is 0.244 e. The molecule has 2 unspecified atom stereocenters. The number of hydrogen-bond donors (Lipinski definition) is 2. The number of anilines is 1. The van der Waals surface area contributed by atoms with Crippen molar-refractivity contribution < 1.29 is 4.79 Å². The number of nitrogens with one attached hydrogen (secondary N) is 1. The normalized spacial score (nSPS) is 27.1. The van der Waals surface area contributed by atoms with E-state index in [4.69, 9.17) is 5.73 Å². The lowest BCUT2D eigenvalue weighted by Crippen LogP contribution is -2.53. The van der Waals surface area contributed by atoms with Gasteiger partial charge in [0.25, 0.3) is 0 Å². The van der Waals surface area contributed by atoms with Gasteiger partial charge in [-0.1, -0.05) is 19.8 Å². The molecule has 0 spiro atoms. The van der Waals surface area contributed by atoms with Gasteiger partial charge >= 0.3 is 0 Å². The molecule has 1 saturated carbocycles. The van der Waals surface area contributed by atoms with Gasteiger partial charge in [-0.15, -0.1) is 0 Å². The SMILES string of the molecule is Cc1nc(Br)ccc1NC(=O)C1(N)CCCC(C)C1. The van der Waals surface area contributed by atoms with Crippen LogP contribution < -0.4 is 11.1 Å². The van der Waals surface area contributed by atoms with E-state index in [0.717, 1.165) is 41.7 Å². The Morgan fingerprint density at radius 1 is 1.58 bits per heavy atom. The molecule has 0 saturated heterocycles. The first-order chi connectivity index (χ1) is 8.90. The Morgan fingerprint density at radius 2 is 2.32 bits per heavy atom. The Kier molecular flexibility index (Phi) is 4.26. The van der Waals surface area contributed by atoms with Crippen LogP contribution in [0, 0.1) is 12.8 Å². The monoisotopic (exact) mass is 325 g/mol. The number of carbonyl (C=O) groups excluding carboxylic acids is 1. The summed E-state index contributed by atoms with van der Waals surface area (Å²) in [6.07, 6.45) is 3.68. The molecular weight excluding hydrogens is 306 g/mol. The quantitative estimate of drug-likeness (QED) is 0.821. The summed E-state index contributed by atoms with van der Waals surface area (Å²) in [4.78, 5) is 16.7. The summed E-state index contributed by atoms with van der Waals surface area (Å²) in [6.45, 7) is 4.02. The molecule has 2 atom stereocenters. The van der Waals surface area contributed by atoms with Crippen molar-refractivity contribution in [2.24, 2.45) is 11.7 Å². The van der Waals surface area contributed by atoms with Gasteiger partial charge in [0, 0.05) is 0 Å². The van der Waals surface area contributed by atoms with E-state index < -0.39 is 5.54 Å². The second kappa shape index (κ2) is 5.59. The fraction of sp³-hybridized carbons (Fsp3) is 0.571. The molecule has 1 amide bonds. The predicted octanol–water partition coefficient (Wildman–Crippen LogP) is 3.00. The number of nitrogens with zero attached hydrogens (tertiary/aromatic N) is 1. The van der Waals surface area contributed by atoms with E-state index in [9.17, 15) is 4.79 Å². The summed E-state index contributed by atoms with van der Waals surface area (Å²) >= 11 is 3.31. The van der Waals surface area contributed by atoms with Gasteiger partial charge in [0.05, 0.1) is 16.9 Å². The first-order valence-electron chi connectivity index (χ1n) is 6.64. The van der Waals surface area contributed by atoms with Crippen molar-refractivity contribution in [1.82, 2.24) is 4.98 Å². The minimum atomic E-state index is -0.739. The Hall–Kier alpha value is -0.940. The highest BCUT2D eigenvalue weighted by Crippen LogP contribution is 2.31. The van der Waals surface area contributed by atoms with Crippen LogP contribution in [0.1, 0.15) is 38.3 Å². The molecule has 0 bridgehead atoms. The number of halogens is 1. The topological polar surface area (TPSA) is 68.0 Å². The predicted molar refractivity (Wildman–Crippen MR) is 79.9 cm³/mol. The van der Waals surface area contributed by atoms with Gasteiger partial charge in [0.1, 0.15) is 4.60 Å². The van der Waals surface area contributed by atoms with E-state index in [-0.39, 0.29) is 5.91 Å². The van der Waals surface area contributed by atoms with Crippen LogP contribution in [0.3, 0.4) is 0 Å². The molecule has 2 rings (SSSR count). The van der Waals surface area contributed by atoms with Crippen molar-refractivity contribution in [3.63, 3.8) is 0 Å². The van der Waals surface area contributed by atoms with Crippen LogP contribution in [0.25, 0.3) is 0 Å². The molecule has 0 radical (unpaired) electrons. The van der Waals surface area contributed by atoms with Crippen molar-refractivity contribution in [2.75, 3.05) is 5.32 Å². The van der Waals surface area contributed by atoms with Crippen molar-refractivity contribution in [2.45, 2.75) is 45.1 Å². The van der Waals surface area contributed by atoms with E-state index in [1.54, 1.807) is 0 Å². The van der Waals surface area contributed by atoms with Crippen molar-refractivity contribution in [3.8, 4) is 0 Å². The van der Waals surface area contributed by atoms with Gasteiger partial charge in [0.15, 0.2) is 0 Å². The third-order valence-electron chi connectivity index (χ3n) is 3.78. The third kappa shape index (κ3) is 3.34. The molecule has 0 aromatic carbocycles. The van der Waals surface area contributed by atoms with Gasteiger partial charge in [-0.25, -0.2) is 4.98 Å². The summed E-state index contributed by atoms with van der Waals surface area (Å²) in [7, 11) is 0. The summed E-state index contributed by atoms with van der Waals surface area (Å²) in [5, 5.41) is 2.92. The Bertz CT molecular complexity index is 492. The van der Waals surface area contributed by atoms with Crippen LogP contribution in [-0.4, -0.2) is 16.4 Å². The summed E-state index contributed by atoms with van der Waals surface area (Å²) in [5.41, 5.74) is 7.06. The van der Waals surface area contributed by atoms with Gasteiger partial charge in [-0.2, -0.15) is 0 Å². The Labute approximate surface area is 122 Å². The van der Waals surface area contributed by atoms with Crippen LogP contribution in [0.15, 0.2) is 16.7 Å². The number of amides is 1. The number of rotatable bonds is 2. The van der Waals surface area contributed by atoms with E-state index in [0.29, 0.717) is 5.92 Å². The van der Waals surface area contributed by atoms with E-state index in [2.05, 4.69) is 33.2 Å². The molecule has 1 heterocycles. The molecular formula is C14H20BrN3O. The molecule has 1 aromatic rings. The summed E-state index contributed by atoms with van der Waals surface area (Å²) < 4.78 is 0.761. The lowest BCUT2D eigenvalue weighted by Gasteiger charge is -2.35. The van der Waals surface area contributed by atoms with E-state index in [1.807, 2.05) is 19.1 Å². The third-order valence-corrected chi connectivity index (χ3v) is 4.23. The average molecular weight is 326 g/mol. The highest BCUT2D eigenvalue weighted by Gasteiger charge is 2.38. The zero-order valence-electron chi connectivity index (χ0n) is 11.4. The maximum atomic E-state index is 12.4. The van der Waals surface area contributed by atoms with Crippen molar-refractivity contribution >= 4 is 27.5 Å². The van der Waals surface area contributed by atoms with Gasteiger partial charge in [-0.3, -0.25) is 4.79 Å². The largest absolute Gasteiger partial charge is 0.323 e. The lowest BCUT2D eigenvalue weighted by molar-refractivity contribution is -0.122. The smallest absolute Gasteiger partial charge is 0.244 e. The number of nitrogens with two attached hydrogens (primary N) is 1. The number of carbonyl (C=O) groups is 1. The molecule has 4 nitrogen and oxygen atoms in total. The first-order valence-corrected chi connectivity index (χ1v) is 7.43. The zero-order valence-corrected chi connectivity index (χ0v) is 13.0. The van der Waals surface area contributed by atoms with Crippen molar-refractivity contribution in [3.05, 3.63) is 22.4 Å². The number of hydrogen-bond acceptors (Lipinski definition) is 3. The van der Waals surface area contributed by atoms with Crippen LogP contribution >= 0.6 is 15.9 Å². The number of aromatic nitrogens is 1. The first kappa shape index (κ1) is 14.5. The Morgan fingerprint density at radius 3 is 2.95 bits per heavy atom. The second-order valence-electron chi connectivity index (χ2n) is 5.58. The van der Waals surface area contributed by atoms with Crippen molar-refractivity contribution in [1.29, 1.82) is 0 Å². The van der Waals surface area contributed by atoms with Crippen LogP contribution in [-0.2, 0) is 4.79 Å². The molecule has 5 heteroatoms. The highest BCUT2D eigenvalue weighted by atomic mass is 79.9. The van der Waals surface area contributed by atoms with E-state index in [1.165, 1.54) is 0 Å². The minimum Gasteiger partial charge on any atom is -0.323 e. The van der Waals surface area contributed by atoms with Gasteiger partial charge in [0.2, 0.25) is 5.91 Å². The van der Waals surface area contributed by atoms with Gasteiger partial charge < -0.3 is 11.1 Å². The zero-order chi connectivity index (χ0) is 14.0. The summed E-state index contributed by atoms with van der Waals surface area (Å²) in [5.74, 6) is 0.417. The molecule has 3 N–H and O–H groups in total. The van der Waals surface area contributed by atoms with Crippen LogP contribution in [0.5, 0.6) is 0 Å². The minimum absolute atomic E-state index is 0.0914. The highest BCUT2D eigenvalue weighted by molar-refractivity contribution is 9.10. The lowest BCUT2D eigenvalue weighted by atomic mass is 9.76. The molecule has 19 heavy (non-hydrogen) atoms. The number of aryl methyl sites for hydroxylation is 1. The standard InChI is InChI=1S/C14H20BrN3O/c1-9-4-3-7-14(16,8-9)13(19)18-11-5-6-12(15)17-10(11)2/h5-6,9H,3-4,7-8,16H2,1-2H3,(H,18,19). The van der Waals surface area contributed by atoms with Gasteiger partial charge in [-0.05, 0) is 53.7 Å². The Balaban J connectivity index is 2.12. The average Bonchev–Trinajstić information content (AvgIpc) is 2.32. The molecule has 1 aliphatic rings. The number of pyridine rings is 1. The second-order valence-corrected chi connectivity index (χ2v) is 6.39. The van der Waals surface area contributed by atoms with Crippen LogP contribution in [0.4, 0.5) is 5.69 Å². The molecule has 0 aliphatic heterocycles. The maximum absolute atomic E-state index is 12.4. The van der Waals surface area contributed by atoms with Crippen LogP contribution in [0.2, 0.25) is 0 Å². The molecule has 1 fully saturated rings. The molecule has 104 valence electrons.